The number of hydrogen-bond donors (Lipinski definition) is 1. The van der Waals surface area contributed by atoms with Gasteiger partial charge in [-0.2, -0.15) is 0 Å². The lowest BCUT2D eigenvalue weighted by Crippen LogP contribution is -2.30. The third-order valence-corrected chi connectivity index (χ3v) is 4.79. The van der Waals surface area contributed by atoms with Gasteiger partial charge in [0.2, 0.25) is 0 Å². The van der Waals surface area contributed by atoms with Crippen LogP contribution in [0.4, 0.5) is 5.69 Å². The Bertz CT molecular complexity index is 932. The van der Waals surface area contributed by atoms with Crippen LogP contribution in [-0.2, 0) is 11.4 Å². The van der Waals surface area contributed by atoms with Gasteiger partial charge in [-0.25, -0.2) is 0 Å². The lowest BCUT2D eigenvalue weighted by Gasteiger charge is -2.16. The fraction of sp³-hybridized carbons (Fsp3) is 0.136. The standard InChI is InChI=1S/C22H19BrClNO3/c1-15(28-21-12-7-17(24)13-20(21)23)22(26)25-18-8-10-19(11-9-18)27-14-16-5-3-2-4-6-16/h2-13,15H,14H2,1H3,(H,25,26). The van der Waals surface area contributed by atoms with Crippen LogP contribution in [-0.4, -0.2) is 12.0 Å². The van der Waals surface area contributed by atoms with E-state index in [2.05, 4.69) is 21.2 Å². The Kier molecular flexibility index (Phi) is 6.95. The van der Waals surface area contributed by atoms with Crippen molar-refractivity contribution in [3.63, 3.8) is 0 Å². The molecule has 0 aromatic heterocycles. The fourth-order valence-corrected chi connectivity index (χ4v) is 3.21. The predicted octanol–water partition coefficient (Wildman–Crippen LogP) is 6.09. The highest BCUT2D eigenvalue weighted by Crippen LogP contribution is 2.29. The first-order chi connectivity index (χ1) is 13.5. The third kappa shape index (κ3) is 5.75. The van der Waals surface area contributed by atoms with Crippen molar-refractivity contribution >= 4 is 39.1 Å². The van der Waals surface area contributed by atoms with Gasteiger partial charge in [0.15, 0.2) is 6.10 Å². The number of hydrogen-bond acceptors (Lipinski definition) is 3. The average Bonchev–Trinajstić information content (AvgIpc) is 2.70. The minimum absolute atomic E-state index is 0.250. The smallest absolute Gasteiger partial charge is 0.265 e. The molecule has 0 aliphatic rings. The Balaban J connectivity index is 1.53. The van der Waals surface area contributed by atoms with Crippen molar-refractivity contribution in [2.75, 3.05) is 5.32 Å². The van der Waals surface area contributed by atoms with Gasteiger partial charge in [0, 0.05) is 10.7 Å². The number of ether oxygens (including phenoxy) is 2. The maximum absolute atomic E-state index is 12.4. The van der Waals surface area contributed by atoms with Gasteiger partial charge in [-0.3, -0.25) is 4.79 Å². The van der Waals surface area contributed by atoms with Crippen LogP contribution in [0.1, 0.15) is 12.5 Å². The van der Waals surface area contributed by atoms with E-state index in [0.29, 0.717) is 27.5 Å². The maximum atomic E-state index is 12.4. The molecule has 1 N–H and O–H groups in total. The van der Waals surface area contributed by atoms with E-state index >= 15 is 0 Å². The van der Waals surface area contributed by atoms with Crippen molar-refractivity contribution in [1.82, 2.24) is 0 Å². The Morgan fingerprint density at radius 2 is 1.79 bits per heavy atom. The van der Waals surface area contributed by atoms with Gasteiger partial charge in [-0.15, -0.1) is 0 Å². The zero-order valence-corrected chi connectivity index (χ0v) is 17.5. The molecule has 0 radical (unpaired) electrons. The van der Waals surface area contributed by atoms with Crippen LogP contribution in [0.25, 0.3) is 0 Å². The molecule has 1 unspecified atom stereocenters. The highest BCUT2D eigenvalue weighted by Gasteiger charge is 2.16. The number of anilines is 1. The molecule has 3 aromatic carbocycles. The molecule has 3 rings (SSSR count). The third-order valence-electron chi connectivity index (χ3n) is 3.94. The molecule has 144 valence electrons. The van der Waals surface area contributed by atoms with E-state index in [0.717, 1.165) is 11.3 Å². The lowest BCUT2D eigenvalue weighted by molar-refractivity contribution is -0.122. The zero-order chi connectivity index (χ0) is 19.9. The van der Waals surface area contributed by atoms with Crippen molar-refractivity contribution in [3.05, 3.63) is 87.9 Å². The molecule has 1 amide bonds. The largest absolute Gasteiger partial charge is 0.489 e. The molecule has 0 aliphatic heterocycles. The molecule has 6 heteroatoms. The quantitative estimate of drug-likeness (QED) is 0.464. The van der Waals surface area contributed by atoms with Gasteiger partial charge in [-0.1, -0.05) is 41.9 Å². The Morgan fingerprint density at radius 1 is 1.07 bits per heavy atom. The molecule has 0 saturated heterocycles. The van der Waals surface area contributed by atoms with Crippen LogP contribution < -0.4 is 14.8 Å². The van der Waals surface area contributed by atoms with Crippen LogP contribution >= 0.6 is 27.5 Å². The zero-order valence-electron chi connectivity index (χ0n) is 15.2. The summed E-state index contributed by atoms with van der Waals surface area (Å²) >= 11 is 9.29. The number of nitrogens with one attached hydrogen (secondary N) is 1. The molecule has 0 spiro atoms. The molecule has 0 heterocycles. The summed E-state index contributed by atoms with van der Waals surface area (Å²) in [6.07, 6.45) is -0.675. The molecule has 4 nitrogen and oxygen atoms in total. The number of rotatable bonds is 7. The first kappa shape index (κ1) is 20.2. The minimum atomic E-state index is -0.675. The molecule has 0 saturated carbocycles. The number of benzene rings is 3. The Labute approximate surface area is 177 Å². The van der Waals surface area contributed by atoms with Crippen molar-refractivity contribution < 1.29 is 14.3 Å². The summed E-state index contributed by atoms with van der Waals surface area (Å²) < 4.78 is 12.1. The summed E-state index contributed by atoms with van der Waals surface area (Å²) in [4.78, 5) is 12.4. The minimum Gasteiger partial charge on any atom is -0.489 e. The monoisotopic (exact) mass is 459 g/mol. The summed E-state index contributed by atoms with van der Waals surface area (Å²) in [5, 5.41) is 3.42. The second-order valence-corrected chi connectivity index (χ2v) is 7.41. The predicted molar refractivity (Wildman–Crippen MR) is 115 cm³/mol. The highest BCUT2D eigenvalue weighted by molar-refractivity contribution is 9.10. The van der Waals surface area contributed by atoms with Crippen LogP contribution in [0, 0.1) is 0 Å². The van der Waals surface area contributed by atoms with Gasteiger partial charge in [0.25, 0.3) is 5.91 Å². The summed E-state index contributed by atoms with van der Waals surface area (Å²) in [6, 6.07) is 22.3. The van der Waals surface area contributed by atoms with Crippen molar-refractivity contribution in [1.29, 1.82) is 0 Å². The van der Waals surface area contributed by atoms with E-state index in [4.69, 9.17) is 21.1 Å². The van der Waals surface area contributed by atoms with E-state index in [-0.39, 0.29) is 5.91 Å². The van der Waals surface area contributed by atoms with E-state index < -0.39 is 6.10 Å². The summed E-state index contributed by atoms with van der Waals surface area (Å²) in [5.74, 6) is 1.03. The van der Waals surface area contributed by atoms with E-state index in [1.165, 1.54) is 0 Å². The first-order valence-electron chi connectivity index (χ1n) is 8.70. The highest BCUT2D eigenvalue weighted by atomic mass is 79.9. The second kappa shape index (κ2) is 9.62. The van der Waals surface area contributed by atoms with Gasteiger partial charge >= 0.3 is 0 Å². The molecule has 28 heavy (non-hydrogen) atoms. The summed E-state index contributed by atoms with van der Waals surface area (Å²) in [7, 11) is 0. The molecule has 1 atom stereocenters. The van der Waals surface area contributed by atoms with Crippen molar-refractivity contribution in [2.45, 2.75) is 19.6 Å². The molecule has 0 aliphatic carbocycles. The van der Waals surface area contributed by atoms with Crippen molar-refractivity contribution in [2.24, 2.45) is 0 Å². The summed E-state index contributed by atoms with van der Waals surface area (Å²) in [5.41, 5.74) is 1.77. The molecular weight excluding hydrogens is 442 g/mol. The van der Waals surface area contributed by atoms with Crippen LogP contribution in [0.2, 0.25) is 5.02 Å². The van der Waals surface area contributed by atoms with E-state index in [1.54, 1.807) is 37.3 Å². The fourth-order valence-electron chi connectivity index (χ4n) is 2.43. The number of halogens is 2. The Morgan fingerprint density at radius 3 is 2.46 bits per heavy atom. The number of carbonyl (C=O) groups excluding carboxylic acids is 1. The van der Waals surface area contributed by atoms with Crippen LogP contribution in [0.15, 0.2) is 77.3 Å². The topological polar surface area (TPSA) is 47.6 Å². The van der Waals surface area contributed by atoms with Crippen molar-refractivity contribution in [3.8, 4) is 11.5 Å². The normalized spacial score (nSPS) is 11.5. The maximum Gasteiger partial charge on any atom is 0.265 e. The van der Waals surface area contributed by atoms with E-state index in [1.807, 2.05) is 42.5 Å². The second-order valence-electron chi connectivity index (χ2n) is 6.12. The van der Waals surface area contributed by atoms with Gasteiger partial charge in [0.1, 0.15) is 18.1 Å². The number of amides is 1. The molecule has 0 bridgehead atoms. The Hall–Kier alpha value is -2.50. The van der Waals surface area contributed by atoms with Crippen LogP contribution in [0.3, 0.4) is 0 Å². The lowest BCUT2D eigenvalue weighted by atomic mass is 10.2. The summed E-state index contributed by atoms with van der Waals surface area (Å²) in [6.45, 7) is 2.18. The molecule has 0 fully saturated rings. The van der Waals surface area contributed by atoms with Crippen LogP contribution in [0.5, 0.6) is 11.5 Å². The first-order valence-corrected chi connectivity index (χ1v) is 9.88. The van der Waals surface area contributed by atoms with Gasteiger partial charge < -0.3 is 14.8 Å². The molecule has 3 aromatic rings. The van der Waals surface area contributed by atoms with Gasteiger partial charge in [-0.05, 0) is 70.9 Å². The SMILES string of the molecule is CC(Oc1ccc(Cl)cc1Br)C(=O)Nc1ccc(OCc2ccccc2)cc1. The average molecular weight is 461 g/mol. The number of carbonyl (C=O) groups is 1. The van der Waals surface area contributed by atoms with Gasteiger partial charge in [0.05, 0.1) is 4.47 Å². The van der Waals surface area contributed by atoms with E-state index in [9.17, 15) is 4.79 Å². The molecular formula is C22H19BrClNO3.